The van der Waals surface area contributed by atoms with E-state index in [1.54, 1.807) is 15.7 Å². The van der Waals surface area contributed by atoms with Gasteiger partial charge in [-0.2, -0.15) is 0 Å². The summed E-state index contributed by atoms with van der Waals surface area (Å²) in [6.45, 7) is 14.0. The van der Waals surface area contributed by atoms with Crippen molar-refractivity contribution in [2.75, 3.05) is 75.2 Å². The molecule has 3 amide bonds. The Bertz CT molecular complexity index is 2610. The second-order valence-electron chi connectivity index (χ2n) is 20.0. The van der Waals surface area contributed by atoms with Crippen LogP contribution in [0, 0.1) is 18.8 Å². The van der Waals surface area contributed by atoms with Crippen LogP contribution in [0.15, 0.2) is 41.5 Å². The Morgan fingerprint density at radius 3 is 2.25 bits per heavy atom. The van der Waals surface area contributed by atoms with E-state index in [4.69, 9.17) is 21.6 Å². The van der Waals surface area contributed by atoms with E-state index < -0.39 is 11.9 Å². The highest BCUT2D eigenvalue weighted by Gasteiger charge is 2.41. The molecule has 6 aliphatic rings. The molecule has 0 spiro atoms. The van der Waals surface area contributed by atoms with E-state index in [9.17, 15) is 24.0 Å². The van der Waals surface area contributed by atoms with E-state index in [0.29, 0.717) is 46.4 Å². The molecule has 67 heavy (non-hydrogen) atoms. The summed E-state index contributed by atoms with van der Waals surface area (Å²) in [6, 6.07) is 7.45. The Kier molecular flexibility index (Phi) is 13.2. The highest BCUT2D eigenvalue weighted by atomic mass is 35.5. The molecule has 10 rings (SSSR count). The maximum absolute atomic E-state index is 13.6. The summed E-state index contributed by atoms with van der Waals surface area (Å²) >= 11 is 6.98. The van der Waals surface area contributed by atoms with Gasteiger partial charge in [0.05, 0.1) is 34.6 Å². The van der Waals surface area contributed by atoms with E-state index in [2.05, 4.69) is 42.0 Å². The highest BCUT2D eigenvalue weighted by molar-refractivity contribution is 6.35. The number of likely N-dealkylation sites (tertiary alicyclic amines) is 1. The number of halogens is 1. The van der Waals surface area contributed by atoms with Gasteiger partial charge in [0.1, 0.15) is 17.5 Å². The molecule has 5 fully saturated rings. The molecule has 1 aliphatic carbocycles. The lowest BCUT2D eigenvalue weighted by Crippen LogP contribution is -2.52. The molecule has 354 valence electrons. The molecule has 1 aromatic carbocycles. The molecule has 4 aromatic rings. The smallest absolute Gasteiger partial charge is 0.263 e. The predicted molar refractivity (Wildman–Crippen MR) is 258 cm³/mol. The number of piperazine rings is 1. The van der Waals surface area contributed by atoms with E-state index in [0.717, 1.165) is 105 Å². The van der Waals surface area contributed by atoms with Crippen LogP contribution in [0.4, 0.5) is 11.4 Å². The topological polar surface area (TPSA) is 157 Å². The van der Waals surface area contributed by atoms with Gasteiger partial charge in [-0.05, 0) is 127 Å². The van der Waals surface area contributed by atoms with E-state index in [1.807, 2.05) is 25.3 Å². The average Bonchev–Trinajstić information content (AvgIpc) is 3.98. The van der Waals surface area contributed by atoms with Crippen molar-refractivity contribution < 1.29 is 19.2 Å². The van der Waals surface area contributed by atoms with Crippen LogP contribution in [0.1, 0.15) is 127 Å². The monoisotopic (exact) mass is 930 g/mol. The minimum atomic E-state index is -0.651. The van der Waals surface area contributed by atoms with Gasteiger partial charge in [0.2, 0.25) is 11.8 Å². The lowest BCUT2D eigenvalue weighted by Gasteiger charge is -2.40. The number of carbonyl (C=O) groups is 4. The number of fused-ring (bicyclic) bond motifs is 2. The summed E-state index contributed by atoms with van der Waals surface area (Å²) < 4.78 is 1.77. The predicted octanol–water partition coefficient (Wildman–Crippen LogP) is 5.96. The lowest BCUT2D eigenvalue weighted by atomic mass is 9.91. The number of imide groups is 1. The zero-order chi connectivity index (χ0) is 46.3. The quantitative estimate of drug-likeness (QED) is 0.132. The van der Waals surface area contributed by atoms with Gasteiger partial charge in [-0.3, -0.25) is 43.7 Å². The summed E-state index contributed by atoms with van der Waals surface area (Å²) in [5, 5.41) is 3.73. The van der Waals surface area contributed by atoms with Gasteiger partial charge in [0, 0.05) is 93.2 Å². The van der Waals surface area contributed by atoms with Crippen LogP contribution in [0.25, 0.3) is 11.0 Å². The molecule has 8 heterocycles. The standard InChI is InChI=1S/C51H63ClN10O5/c1-32-40-29-54-44(55-48(40)62(37-5-3-4-6-37)51(67)46(32)33(2)63)27-36-7-8-38(28-53-36)59-21-16-34(17-22-59)13-18-57-19-14-35(15-20-57)30-58-23-25-60(26-24-58)42-10-9-39-41(47(42)52)31-61(50(39)66)43-11-12-45(64)56-49(43)65/h7-10,28-29,34-35,37,43H,3-6,11-27,30-31H2,1-2H3,(H,56,64,65). The van der Waals surface area contributed by atoms with Crippen molar-refractivity contribution in [1.82, 2.24) is 39.5 Å². The Morgan fingerprint density at radius 2 is 1.55 bits per heavy atom. The fraction of sp³-hybridized carbons (Fsp3) is 0.569. The third kappa shape index (κ3) is 9.35. The summed E-state index contributed by atoms with van der Waals surface area (Å²) in [4.78, 5) is 89.7. The molecule has 16 heteroatoms. The van der Waals surface area contributed by atoms with Gasteiger partial charge in [-0.15, -0.1) is 0 Å². The largest absolute Gasteiger partial charge is 0.370 e. The molecule has 1 atom stereocenters. The fourth-order valence-corrected chi connectivity index (χ4v) is 12.2. The number of hydrogen-bond acceptors (Lipinski definition) is 12. The summed E-state index contributed by atoms with van der Waals surface area (Å²) in [5.41, 5.74) is 5.62. The molecule has 0 bridgehead atoms. The van der Waals surface area contributed by atoms with Crippen LogP contribution >= 0.6 is 11.6 Å². The molecule has 3 aromatic heterocycles. The van der Waals surface area contributed by atoms with Crippen LogP contribution in [-0.2, 0) is 22.6 Å². The summed E-state index contributed by atoms with van der Waals surface area (Å²) in [5.74, 6) is 0.960. The number of hydrogen-bond donors (Lipinski definition) is 1. The van der Waals surface area contributed by atoms with Crippen LogP contribution in [-0.4, -0.2) is 129 Å². The number of nitrogens with zero attached hydrogens (tertiary/aromatic N) is 9. The fourth-order valence-electron chi connectivity index (χ4n) is 11.8. The molecule has 4 saturated heterocycles. The van der Waals surface area contributed by atoms with E-state index in [1.165, 1.54) is 58.7 Å². The summed E-state index contributed by atoms with van der Waals surface area (Å²) in [7, 11) is 0. The number of Topliss-reactive ketones (excluding diaryl/α,β-unsaturated/α-hetero) is 1. The van der Waals surface area contributed by atoms with Crippen molar-refractivity contribution >= 4 is 57.5 Å². The van der Waals surface area contributed by atoms with Crippen molar-refractivity contribution in [3.8, 4) is 0 Å². The van der Waals surface area contributed by atoms with Gasteiger partial charge >= 0.3 is 0 Å². The Balaban J connectivity index is 0.647. The van der Waals surface area contributed by atoms with Gasteiger partial charge in [-0.25, -0.2) is 9.97 Å². The second-order valence-corrected chi connectivity index (χ2v) is 20.4. The molecule has 1 unspecified atom stereocenters. The lowest BCUT2D eigenvalue weighted by molar-refractivity contribution is -0.136. The number of ketones is 1. The average molecular weight is 932 g/mol. The van der Waals surface area contributed by atoms with Crippen LogP contribution < -0.4 is 20.7 Å². The van der Waals surface area contributed by atoms with Crippen LogP contribution in [0.3, 0.4) is 0 Å². The minimum Gasteiger partial charge on any atom is -0.370 e. The second kappa shape index (κ2) is 19.4. The number of aryl methyl sites for hydroxylation is 1. The molecule has 0 radical (unpaired) electrons. The number of amides is 3. The molecular weight excluding hydrogens is 868 g/mol. The Morgan fingerprint density at radius 1 is 0.806 bits per heavy atom. The number of benzene rings is 1. The number of anilines is 2. The van der Waals surface area contributed by atoms with Crippen molar-refractivity contribution in [2.45, 2.75) is 110 Å². The van der Waals surface area contributed by atoms with Gasteiger partial charge in [-0.1, -0.05) is 24.4 Å². The number of pyridine rings is 2. The van der Waals surface area contributed by atoms with E-state index >= 15 is 0 Å². The molecule has 1 saturated carbocycles. The molecule has 1 N–H and O–H groups in total. The van der Waals surface area contributed by atoms with Crippen LogP contribution in [0.2, 0.25) is 5.02 Å². The first-order valence-corrected chi connectivity index (χ1v) is 25.1. The molecule has 15 nitrogen and oxygen atoms in total. The Hall–Kier alpha value is -5.25. The first-order chi connectivity index (χ1) is 32.5. The maximum Gasteiger partial charge on any atom is 0.263 e. The normalized spacial score (nSPS) is 21.7. The number of aromatic nitrogens is 4. The number of nitrogens with one attached hydrogen (secondary N) is 1. The van der Waals surface area contributed by atoms with Crippen molar-refractivity contribution in [1.29, 1.82) is 0 Å². The minimum absolute atomic E-state index is 0.0515. The Labute approximate surface area is 397 Å². The van der Waals surface area contributed by atoms with Gasteiger partial charge < -0.3 is 19.6 Å². The molecular formula is C51H63ClN10O5. The highest BCUT2D eigenvalue weighted by Crippen LogP contribution is 2.39. The summed E-state index contributed by atoms with van der Waals surface area (Å²) in [6.07, 6.45) is 14.9. The van der Waals surface area contributed by atoms with Crippen LogP contribution in [0.5, 0.6) is 0 Å². The van der Waals surface area contributed by atoms with Gasteiger partial charge in [0.15, 0.2) is 5.78 Å². The number of rotatable bonds is 12. The zero-order valence-electron chi connectivity index (χ0n) is 39.0. The number of piperidine rings is 3. The molecule has 5 aliphatic heterocycles. The number of carbonyl (C=O) groups excluding carboxylic acids is 4. The van der Waals surface area contributed by atoms with Crippen molar-refractivity contribution in [2.24, 2.45) is 11.8 Å². The van der Waals surface area contributed by atoms with Gasteiger partial charge in [0.25, 0.3) is 11.5 Å². The zero-order valence-corrected chi connectivity index (χ0v) is 39.7. The first kappa shape index (κ1) is 45.5. The van der Waals surface area contributed by atoms with E-state index in [-0.39, 0.29) is 47.7 Å². The maximum atomic E-state index is 13.6. The van der Waals surface area contributed by atoms with Crippen molar-refractivity contribution in [3.63, 3.8) is 0 Å². The first-order valence-electron chi connectivity index (χ1n) is 24.8. The third-order valence-electron chi connectivity index (χ3n) is 15.8. The SMILES string of the molecule is CC(=O)c1c(C)c2cnc(Cc3ccc(N4CCC(CCN5CCC(CN6CCN(c7ccc8c(c7Cl)CN(C7CCC(=O)NC7=O)C8=O)CC6)CC5)CC4)cn3)nc2n(C2CCCC2)c1=O. The third-order valence-corrected chi connectivity index (χ3v) is 16.3. The van der Waals surface area contributed by atoms with Crippen molar-refractivity contribution in [3.05, 3.63) is 85.8 Å².